The Kier molecular flexibility index (Phi) is 9.02. The Bertz CT molecular complexity index is 1540. The summed E-state index contributed by atoms with van der Waals surface area (Å²) in [4.78, 5) is 25.7. The molecule has 0 saturated carbocycles. The number of nitriles is 1. The lowest BCUT2D eigenvalue weighted by Crippen LogP contribution is -2.44. The van der Waals surface area contributed by atoms with Gasteiger partial charge in [-0.2, -0.15) is 18.4 Å². The first kappa shape index (κ1) is 30.3. The molecule has 0 spiro atoms. The van der Waals surface area contributed by atoms with E-state index in [0.717, 1.165) is 0 Å². The molecule has 0 aliphatic rings. The Morgan fingerprint density at radius 3 is 2.20 bits per heavy atom. The molecule has 3 aromatic rings. The number of rotatable bonds is 7. The highest BCUT2D eigenvalue weighted by molar-refractivity contribution is 7.89. The van der Waals surface area contributed by atoms with Crippen molar-refractivity contribution in [1.29, 1.82) is 5.26 Å². The molecule has 0 fully saturated rings. The van der Waals surface area contributed by atoms with Gasteiger partial charge in [0.1, 0.15) is 6.54 Å². The Labute approximate surface area is 230 Å². The van der Waals surface area contributed by atoms with Gasteiger partial charge in [-0.25, -0.2) is 13.1 Å². The van der Waals surface area contributed by atoms with Crippen molar-refractivity contribution in [3.63, 3.8) is 0 Å². The second kappa shape index (κ2) is 11.9. The molecule has 0 atom stereocenters. The van der Waals surface area contributed by atoms with E-state index in [0.29, 0.717) is 16.0 Å². The number of nitrogens with one attached hydrogen (secondary N) is 2. The van der Waals surface area contributed by atoms with Crippen molar-refractivity contribution in [1.82, 2.24) is 9.62 Å². The molecule has 0 aromatic heterocycles. The molecule has 2 amide bonds. The third-order valence-corrected chi connectivity index (χ3v) is 7.17. The third kappa shape index (κ3) is 8.39. The van der Waals surface area contributed by atoms with E-state index in [-0.39, 0.29) is 21.7 Å². The maximum Gasteiger partial charge on any atom is 0.406 e. The summed E-state index contributed by atoms with van der Waals surface area (Å²) in [6, 6.07) is 19.8. The maximum absolute atomic E-state index is 13.2. The van der Waals surface area contributed by atoms with Crippen LogP contribution in [0.4, 0.5) is 18.9 Å². The number of anilines is 1. The normalized spacial score (nSPS) is 11.9. The van der Waals surface area contributed by atoms with E-state index in [1.165, 1.54) is 54.6 Å². The molecular formula is C28H27F3N4O4S. The van der Waals surface area contributed by atoms with Gasteiger partial charge in [0.25, 0.3) is 0 Å². The van der Waals surface area contributed by atoms with Crippen LogP contribution in [0.2, 0.25) is 0 Å². The fourth-order valence-corrected chi connectivity index (χ4v) is 5.48. The SMILES string of the molecule is CC(C)(C)NS(=O)(=O)c1ccccc1-c1ccc(NC(=O)C(=O)N(Cc2cccc(C#N)c2)CC(F)(F)F)cc1. The van der Waals surface area contributed by atoms with Crippen molar-refractivity contribution >= 4 is 27.5 Å². The summed E-state index contributed by atoms with van der Waals surface area (Å²) >= 11 is 0. The third-order valence-electron chi connectivity index (χ3n) is 5.35. The Morgan fingerprint density at radius 2 is 1.60 bits per heavy atom. The molecular weight excluding hydrogens is 545 g/mol. The van der Waals surface area contributed by atoms with Crippen LogP contribution >= 0.6 is 0 Å². The number of carbonyl (C=O) groups is 2. The Balaban J connectivity index is 1.81. The van der Waals surface area contributed by atoms with Crippen molar-refractivity contribution in [2.24, 2.45) is 0 Å². The van der Waals surface area contributed by atoms with E-state index in [2.05, 4.69) is 10.0 Å². The summed E-state index contributed by atoms with van der Waals surface area (Å²) in [7, 11) is -3.87. The molecule has 3 aromatic carbocycles. The monoisotopic (exact) mass is 572 g/mol. The smallest absolute Gasteiger partial charge is 0.321 e. The summed E-state index contributed by atoms with van der Waals surface area (Å²) in [5.74, 6) is -2.70. The zero-order valence-electron chi connectivity index (χ0n) is 21.9. The van der Waals surface area contributed by atoms with Crippen LogP contribution in [0.25, 0.3) is 11.1 Å². The standard InChI is InChI=1S/C28H27F3N4O4S/c1-27(2,3)34-40(38,39)24-10-5-4-9-23(24)21-11-13-22(14-12-21)33-25(36)26(37)35(18-28(29,30)31)17-20-8-6-7-19(15-20)16-32/h4-15,34H,17-18H2,1-3H3,(H,33,36). The number of hydrogen-bond donors (Lipinski definition) is 2. The van der Waals surface area contributed by atoms with Gasteiger partial charge >= 0.3 is 18.0 Å². The fourth-order valence-electron chi connectivity index (χ4n) is 3.83. The van der Waals surface area contributed by atoms with E-state index in [9.17, 15) is 31.2 Å². The highest BCUT2D eigenvalue weighted by Crippen LogP contribution is 2.29. The second-order valence-corrected chi connectivity index (χ2v) is 11.6. The van der Waals surface area contributed by atoms with Crippen LogP contribution in [0.5, 0.6) is 0 Å². The summed E-state index contributed by atoms with van der Waals surface area (Å²) < 4.78 is 68.1. The molecule has 8 nitrogen and oxygen atoms in total. The molecule has 0 aliphatic heterocycles. The van der Waals surface area contributed by atoms with Gasteiger partial charge in [-0.1, -0.05) is 42.5 Å². The summed E-state index contributed by atoms with van der Waals surface area (Å²) in [5.41, 5.74) is 0.743. The summed E-state index contributed by atoms with van der Waals surface area (Å²) in [6.07, 6.45) is -4.76. The molecule has 0 heterocycles. The number of amides is 2. The number of nitrogens with zero attached hydrogens (tertiary/aromatic N) is 2. The van der Waals surface area contributed by atoms with Gasteiger partial charge in [-0.15, -0.1) is 0 Å². The summed E-state index contributed by atoms with van der Waals surface area (Å²) in [6.45, 7) is 2.94. The Hall–Kier alpha value is -4.21. The van der Waals surface area contributed by atoms with Gasteiger partial charge in [0.2, 0.25) is 10.0 Å². The second-order valence-electron chi connectivity index (χ2n) is 9.97. The van der Waals surface area contributed by atoms with E-state index < -0.39 is 46.6 Å². The van der Waals surface area contributed by atoms with Crippen LogP contribution in [0, 0.1) is 11.3 Å². The van der Waals surface area contributed by atoms with Gasteiger partial charge in [-0.05, 0) is 62.2 Å². The van der Waals surface area contributed by atoms with Crippen LogP contribution in [-0.4, -0.2) is 43.4 Å². The number of benzene rings is 3. The summed E-state index contributed by atoms with van der Waals surface area (Å²) in [5, 5.41) is 11.3. The van der Waals surface area contributed by atoms with E-state index >= 15 is 0 Å². The number of alkyl halides is 3. The van der Waals surface area contributed by atoms with Crippen molar-refractivity contribution in [3.8, 4) is 17.2 Å². The van der Waals surface area contributed by atoms with Crippen molar-refractivity contribution in [2.75, 3.05) is 11.9 Å². The molecule has 12 heteroatoms. The number of sulfonamides is 1. The molecule has 2 N–H and O–H groups in total. The average Bonchev–Trinajstić information content (AvgIpc) is 2.86. The zero-order valence-corrected chi connectivity index (χ0v) is 22.7. The minimum absolute atomic E-state index is 0.0418. The lowest BCUT2D eigenvalue weighted by molar-refractivity contribution is -0.164. The van der Waals surface area contributed by atoms with E-state index in [1.807, 2.05) is 6.07 Å². The van der Waals surface area contributed by atoms with Crippen LogP contribution in [-0.2, 0) is 26.2 Å². The van der Waals surface area contributed by atoms with Gasteiger partial charge < -0.3 is 10.2 Å². The van der Waals surface area contributed by atoms with Crippen molar-refractivity contribution < 1.29 is 31.2 Å². The largest absolute Gasteiger partial charge is 0.406 e. The molecule has 3 rings (SSSR count). The first-order valence-corrected chi connectivity index (χ1v) is 13.5. The van der Waals surface area contributed by atoms with E-state index in [4.69, 9.17) is 5.26 Å². The molecule has 0 bridgehead atoms. The number of carbonyl (C=O) groups excluding carboxylic acids is 2. The highest BCUT2D eigenvalue weighted by Gasteiger charge is 2.35. The average molecular weight is 573 g/mol. The quantitative estimate of drug-likeness (QED) is 0.393. The molecule has 0 saturated heterocycles. The van der Waals surface area contributed by atoms with Gasteiger partial charge in [0.05, 0.1) is 16.5 Å². The van der Waals surface area contributed by atoms with E-state index in [1.54, 1.807) is 39.0 Å². The fraction of sp³-hybridized carbons (Fsp3) is 0.250. The molecule has 0 radical (unpaired) electrons. The van der Waals surface area contributed by atoms with Crippen LogP contribution in [0.1, 0.15) is 31.9 Å². The first-order valence-electron chi connectivity index (χ1n) is 12.0. The first-order chi connectivity index (χ1) is 18.6. The predicted octanol–water partition coefficient (Wildman–Crippen LogP) is 4.83. The molecule has 40 heavy (non-hydrogen) atoms. The lowest BCUT2D eigenvalue weighted by atomic mass is 10.1. The van der Waals surface area contributed by atoms with Gasteiger partial charge in [0.15, 0.2) is 0 Å². The minimum atomic E-state index is -4.76. The van der Waals surface area contributed by atoms with Crippen LogP contribution in [0.3, 0.4) is 0 Å². The van der Waals surface area contributed by atoms with Gasteiger partial charge in [-0.3, -0.25) is 9.59 Å². The van der Waals surface area contributed by atoms with Crippen molar-refractivity contribution in [3.05, 3.63) is 83.9 Å². The van der Waals surface area contributed by atoms with Crippen molar-refractivity contribution in [2.45, 2.75) is 43.9 Å². The Morgan fingerprint density at radius 1 is 0.950 bits per heavy atom. The maximum atomic E-state index is 13.2. The number of hydrogen-bond acceptors (Lipinski definition) is 5. The molecule has 210 valence electrons. The minimum Gasteiger partial charge on any atom is -0.321 e. The number of halogens is 3. The van der Waals surface area contributed by atoms with Crippen LogP contribution < -0.4 is 10.0 Å². The topological polar surface area (TPSA) is 119 Å². The zero-order chi connectivity index (χ0) is 29.7. The predicted molar refractivity (Wildman–Crippen MR) is 143 cm³/mol. The van der Waals surface area contributed by atoms with Crippen LogP contribution in [0.15, 0.2) is 77.7 Å². The molecule has 0 unspecified atom stereocenters. The highest BCUT2D eigenvalue weighted by atomic mass is 32.2. The van der Waals surface area contributed by atoms with Gasteiger partial charge in [0, 0.05) is 23.3 Å². The lowest BCUT2D eigenvalue weighted by Gasteiger charge is -2.23. The molecule has 0 aliphatic carbocycles.